The average molecular weight is 507 g/mol. The van der Waals surface area contributed by atoms with Gasteiger partial charge in [-0.1, -0.05) is 23.7 Å². The van der Waals surface area contributed by atoms with Crippen molar-refractivity contribution in [3.05, 3.63) is 80.7 Å². The number of hydrogen-bond acceptors (Lipinski definition) is 7. The van der Waals surface area contributed by atoms with Crippen molar-refractivity contribution in [2.24, 2.45) is 5.10 Å². The largest absolute Gasteiger partial charge is 0.423 e. The van der Waals surface area contributed by atoms with Crippen molar-refractivity contribution in [2.75, 3.05) is 5.32 Å². The monoisotopic (exact) mass is 506 g/mol. The Balaban J connectivity index is 1.31. The molecule has 0 saturated heterocycles. The summed E-state index contributed by atoms with van der Waals surface area (Å²) >= 11 is 7.35. The summed E-state index contributed by atoms with van der Waals surface area (Å²) in [6.45, 7) is 0. The number of hydrazone groups is 1. The Morgan fingerprint density at radius 2 is 1.80 bits per heavy atom. The van der Waals surface area contributed by atoms with Gasteiger partial charge in [0.1, 0.15) is 16.8 Å². The fourth-order valence-electron chi connectivity index (χ4n) is 3.56. The summed E-state index contributed by atoms with van der Waals surface area (Å²) in [6, 6.07) is 15.1. The number of fused-ring (bicyclic) bond motifs is 1. The molecule has 1 aliphatic rings. The van der Waals surface area contributed by atoms with E-state index in [4.69, 9.17) is 16.3 Å². The Bertz CT molecular complexity index is 1360. The van der Waals surface area contributed by atoms with E-state index in [1.165, 1.54) is 17.6 Å². The molecule has 8 nitrogen and oxygen atoms in total. The molecule has 2 N–H and O–H groups in total. The maximum atomic E-state index is 12.3. The van der Waals surface area contributed by atoms with Gasteiger partial charge in [0.15, 0.2) is 0 Å². The van der Waals surface area contributed by atoms with Crippen LogP contribution in [0.2, 0.25) is 5.02 Å². The Morgan fingerprint density at radius 3 is 2.54 bits per heavy atom. The van der Waals surface area contributed by atoms with Gasteiger partial charge < -0.3 is 10.1 Å². The molecule has 0 saturated carbocycles. The Morgan fingerprint density at radius 1 is 1.06 bits per heavy atom. The highest BCUT2D eigenvalue weighted by molar-refractivity contribution is 7.16. The van der Waals surface area contributed by atoms with Crippen LogP contribution in [0.4, 0.5) is 5.00 Å². The summed E-state index contributed by atoms with van der Waals surface area (Å²) in [5, 5.41) is 16.5. The molecular formula is C25H19ClN4O4S. The molecule has 10 heteroatoms. The molecule has 0 aliphatic heterocycles. The second-order valence-corrected chi connectivity index (χ2v) is 9.13. The third-order valence-electron chi connectivity index (χ3n) is 5.28. The van der Waals surface area contributed by atoms with Gasteiger partial charge in [0.05, 0.1) is 22.4 Å². The number of hydrogen-bond donors (Lipinski definition) is 2. The number of benzene rings is 2. The fraction of sp³-hybridized carbons (Fsp3) is 0.160. The van der Waals surface area contributed by atoms with Gasteiger partial charge in [0, 0.05) is 4.88 Å². The Labute approximate surface area is 210 Å². The minimum Gasteiger partial charge on any atom is -0.423 e. The number of amides is 2. The van der Waals surface area contributed by atoms with Gasteiger partial charge in [-0.25, -0.2) is 10.2 Å². The first-order chi connectivity index (χ1) is 17.0. The number of anilines is 1. The van der Waals surface area contributed by atoms with Crippen LogP contribution in [0.25, 0.3) is 0 Å². The minimum atomic E-state index is -0.957. The fourth-order valence-corrected chi connectivity index (χ4v) is 5.01. The Kier molecular flexibility index (Phi) is 7.55. The number of rotatable bonds is 5. The van der Waals surface area contributed by atoms with Crippen LogP contribution in [0, 0.1) is 11.3 Å². The third kappa shape index (κ3) is 5.74. The minimum absolute atomic E-state index is 0.255. The zero-order valence-corrected chi connectivity index (χ0v) is 19.9. The number of esters is 1. The van der Waals surface area contributed by atoms with Crippen LogP contribution in [-0.2, 0) is 22.4 Å². The summed E-state index contributed by atoms with van der Waals surface area (Å²) in [7, 11) is 0. The van der Waals surface area contributed by atoms with Crippen LogP contribution in [0.3, 0.4) is 0 Å². The molecule has 2 amide bonds. The number of carbonyl (C=O) groups is 3. The van der Waals surface area contributed by atoms with E-state index >= 15 is 0 Å². The van der Waals surface area contributed by atoms with Crippen molar-refractivity contribution in [3.63, 3.8) is 0 Å². The highest BCUT2D eigenvalue weighted by Crippen LogP contribution is 2.37. The molecule has 0 radical (unpaired) electrons. The van der Waals surface area contributed by atoms with Crippen LogP contribution < -0.4 is 15.5 Å². The van der Waals surface area contributed by atoms with E-state index in [0.29, 0.717) is 26.9 Å². The van der Waals surface area contributed by atoms with Gasteiger partial charge in [-0.05, 0) is 73.2 Å². The topological polar surface area (TPSA) is 121 Å². The lowest BCUT2D eigenvalue weighted by molar-refractivity contribution is -0.136. The first-order valence-electron chi connectivity index (χ1n) is 10.7. The van der Waals surface area contributed by atoms with Gasteiger partial charge in [-0.3, -0.25) is 9.59 Å². The van der Waals surface area contributed by atoms with Crippen LogP contribution in [0.1, 0.15) is 44.8 Å². The SMILES string of the molecule is N#Cc1c(NC(=O)C(=O)N/N=C/c2ccc(OC(=O)c3ccccc3Cl)cc2)sc2c1CCCC2. The van der Waals surface area contributed by atoms with Crippen molar-refractivity contribution >= 4 is 51.9 Å². The molecule has 2 aromatic carbocycles. The van der Waals surface area contributed by atoms with Gasteiger partial charge in [-0.2, -0.15) is 10.4 Å². The number of carbonyl (C=O) groups excluding carboxylic acids is 3. The first kappa shape index (κ1) is 24.1. The number of halogens is 1. The molecule has 1 aliphatic carbocycles. The summed E-state index contributed by atoms with van der Waals surface area (Å²) in [5.41, 5.74) is 4.42. The number of nitriles is 1. The lowest BCUT2D eigenvalue weighted by Crippen LogP contribution is -2.32. The maximum absolute atomic E-state index is 12.3. The van der Waals surface area contributed by atoms with Crippen LogP contribution >= 0.6 is 22.9 Å². The molecule has 0 atom stereocenters. The maximum Gasteiger partial charge on any atom is 0.345 e. The highest BCUT2D eigenvalue weighted by atomic mass is 35.5. The van der Waals surface area contributed by atoms with Gasteiger partial charge >= 0.3 is 17.8 Å². The zero-order valence-electron chi connectivity index (χ0n) is 18.3. The molecule has 0 spiro atoms. The molecule has 0 unspecified atom stereocenters. The average Bonchev–Trinajstić information content (AvgIpc) is 3.22. The standard InChI is InChI=1S/C25H19ClN4O4S/c26-20-7-3-1-6-18(20)25(33)34-16-11-9-15(10-12-16)14-28-30-23(32)22(31)29-24-19(13-27)17-5-2-4-8-21(17)35-24/h1,3,6-7,9-12,14H,2,4-5,8H2,(H,29,31)(H,30,32)/b28-14+. The predicted octanol–water partition coefficient (Wildman–Crippen LogP) is 4.46. The van der Waals surface area contributed by atoms with E-state index in [1.807, 2.05) is 0 Å². The predicted molar refractivity (Wildman–Crippen MR) is 133 cm³/mol. The number of ether oxygens (including phenoxy) is 1. The van der Waals surface area contributed by atoms with E-state index in [2.05, 4.69) is 21.9 Å². The van der Waals surface area contributed by atoms with Crippen molar-refractivity contribution in [1.29, 1.82) is 5.26 Å². The molecule has 176 valence electrons. The van der Waals surface area contributed by atoms with E-state index in [0.717, 1.165) is 36.1 Å². The van der Waals surface area contributed by atoms with E-state index < -0.39 is 17.8 Å². The lowest BCUT2D eigenvalue weighted by atomic mass is 9.96. The second-order valence-electron chi connectivity index (χ2n) is 7.62. The highest BCUT2D eigenvalue weighted by Gasteiger charge is 2.23. The Hall–Kier alpha value is -4.00. The van der Waals surface area contributed by atoms with Crippen molar-refractivity contribution in [2.45, 2.75) is 25.7 Å². The van der Waals surface area contributed by atoms with Crippen molar-refractivity contribution in [1.82, 2.24) is 5.43 Å². The number of nitrogens with one attached hydrogen (secondary N) is 2. The molecule has 0 bridgehead atoms. The second kappa shape index (κ2) is 11.0. The van der Waals surface area contributed by atoms with Crippen molar-refractivity contribution in [3.8, 4) is 11.8 Å². The number of aryl methyl sites for hydroxylation is 1. The van der Waals surface area contributed by atoms with E-state index in [9.17, 15) is 19.6 Å². The normalized spacial score (nSPS) is 12.5. The smallest absolute Gasteiger partial charge is 0.345 e. The molecule has 4 rings (SSSR count). The molecule has 0 fully saturated rings. The van der Waals surface area contributed by atoms with E-state index in [1.54, 1.807) is 48.5 Å². The van der Waals surface area contributed by atoms with E-state index in [-0.39, 0.29) is 5.56 Å². The summed E-state index contributed by atoms with van der Waals surface area (Å²) in [4.78, 5) is 37.7. The van der Waals surface area contributed by atoms with Crippen LogP contribution in [-0.4, -0.2) is 24.0 Å². The summed E-state index contributed by atoms with van der Waals surface area (Å²) < 4.78 is 5.30. The van der Waals surface area contributed by atoms with Crippen LogP contribution in [0.15, 0.2) is 53.6 Å². The molecule has 1 aromatic heterocycles. The van der Waals surface area contributed by atoms with Gasteiger partial charge in [-0.15, -0.1) is 11.3 Å². The third-order valence-corrected chi connectivity index (χ3v) is 6.82. The molecule has 35 heavy (non-hydrogen) atoms. The van der Waals surface area contributed by atoms with Crippen molar-refractivity contribution < 1.29 is 19.1 Å². The van der Waals surface area contributed by atoms with Crippen LogP contribution in [0.5, 0.6) is 5.75 Å². The quantitative estimate of drug-likeness (QED) is 0.174. The molecule has 3 aromatic rings. The summed E-state index contributed by atoms with van der Waals surface area (Å²) in [5.74, 6) is -2.13. The number of nitrogens with zero attached hydrogens (tertiary/aromatic N) is 2. The first-order valence-corrected chi connectivity index (χ1v) is 11.9. The summed E-state index contributed by atoms with van der Waals surface area (Å²) in [6.07, 6.45) is 5.07. The molecular weight excluding hydrogens is 488 g/mol. The van der Waals surface area contributed by atoms with Gasteiger partial charge in [0.25, 0.3) is 0 Å². The number of thiophene rings is 1. The lowest BCUT2D eigenvalue weighted by Gasteiger charge is -2.09. The zero-order chi connectivity index (χ0) is 24.8. The van der Waals surface area contributed by atoms with Gasteiger partial charge in [0.2, 0.25) is 0 Å². The molecule has 1 heterocycles.